The molecule has 235 valence electrons. The molecule has 0 saturated heterocycles. The van der Waals surface area contributed by atoms with Crippen LogP contribution in [0.4, 0.5) is 0 Å². The van der Waals surface area contributed by atoms with Crippen LogP contribution in [0.5, 0.6) is 0 Å². The Morgan fingerprint density at radius 2 is 1.43 bits per heavy atom. The maximum Gasteiger partial charge on any atom is 0.363 e. The second-order valence-corrected chi connectivity index (χ2v) is 10.2. The first-order valence-electron chi connectivity index (χ1n) is 12.5. The van der Waals surface area contributed by atoms with Crippen LogP contribution in [0.3, 0.4) is 0 Å². The van der Waals surface area contributed by atoms with Crippen LogP contribution in [0, 0.1) is 7.43 Å². The number of Topliss-reactive ketones (excluding diaryl/α,β-unsaturated/α-hetero) is 1. The first-order valence-corrected chi connectivity index (χ1v) is 12.5. The van der Waals surface area contributed by atoms with Gasteiger partial charge in [0.05, 0.1) is 5.70 Å². The molecule has 12 nitrogen and oxygen atoms in total. The number of rotatable bonds is 5. The average molecular weight is 668 g/mol. The molecule has 13 heteroatoms. The molecule has 0 atom stereocenters. The number of ketones is 1. The third kappa shape index (κ3) is 19.3. The van der Waals surface area contributed by atoms with E-state index in [1.54, 1.807) is 68.6 Å². The number of hydrogen-bond donors (Lipinski definition) is 2. The number of aliphatic imine (C=N–C) groups is 2. The molecule has 2 N–H and O–H groups in total. The fourth-order valence-electron chi connectivity index (χ4n) is 2.74. The van der Waals surface area contributed by atoms with Crippen LogP contribution in [-0.4, -0.2) is 58.7 Å². The Morgan fingerprint density at radius 1 is 0.929 bits per heavy atom. The number of esters is 2. The van der Waals surface area contributed by atoms with Crippen LogP contribution < -0.4 is 10.6 Å². The third-order valence-corrected chi connectivity index (χ3v) is 4.50. The molecule has 0 saturated carbocycles. The summed E-state index contributed by atoms with van der Waals surface area (Å²) in [5, 5.41) is 4.93. The van der Waals surface area contributed by atoms with Gasteiger partial charge in [-0.3, -0.25) is 14.4 Å². The fourth-order valence-corrected chi connectivity index (χ4v) is 2.74. The van der Waals surface area contributed by atoms with Crippen LogP contribution >= 0.6 is 0 Å². The molecule has 2 rings (SSSR count). The van der Waals surface area contributed by atoms with Crippen LogP contribution in [-0.2, 0) is 71.0 Å². The maximum atomic E-state index is 11.2. The van der Waals surface area contributed by atoms with E-state index in [9.17, 15) is 28.8 Å². The van der Waals surface area contributed by atoms with E-state index in [1.807, 2.05) is 13.8 Å². The summed E-state index contributed by atoms with van der Waals surface area (Å²) in [6.07, 6.45) is 2.11. The summed E-state index contributed by atoms with van der Waals surface area (Å²) in [7, 11) is 0. The van der Waals surface area contributed by atoms with Gasteiger partial charge in [-0.05, 0) is 52.7 Å². The van der Waals surface area contributed by atoms with Gasteiger partial charge in [0.2, 0.25) is 11.8 Å². The molecule has 0 spiro atoms. The summed E-state index contributed by atoms with van der Waals surface area (Å²) in [6.45, 7) is 21.8. The van der Waals surface area contributed by atoms with Crippen LogP contribution in [0.2, 0.25) is 0 Å². The van der Waals surface area contributed by atoms with Crippen LogP contribution in [0.25, 0.3) is 0 Å². The quantitative estimate of drug-likeness (QED) is 0.253. The van der Waals surface area contributed by atoms with Crippen molar-refractivity contribution in [2.75, 3.05) is 0 Å². The van der Waals surface area contributed by atoms with Crippen LogP contribution in [0.1, 0.15) is 96.4 Å². The predicted octanol–water partition coefficient (Wildman–Crippen LogP) is 3.85. The number of carbonyl (C=O) groups excluding carboxylic acids is 6. The monoisotopic (exact) mass is 667 g/mol. The van der Waals surface area contributed by atoms with Crippen molar-refractivity contribution in [3.05, 3.63) is 30.0 Å². The Morgan fingerprint density at radius 3 is 1.60 bits per heavy atom. The molecule has 0 bridgehead atoms. The zero-order valence-corrected chi connectivity index (χ0v) is 30.3. The molecule has 0 unspecified atom stereocenters. The number of hydrogen-bond acceptors (Lipinski definition) is 10. The minimum atomic E-state index is -0.841. The van der Waals surface area contributed by atoms with Gasteiger partial charge in [-0.25, -0.2) is 25.9 Å². The number of carbonyl (C=O) groups is 5. The zero-order valence-electron chi connectivity index (χ0n) is 27.4. The van der Waals surface area contributed by atoms with Crippen molar-refractivity contribution < 1.29 is 71.0 Å². The van der Waals surface area contributed by atoms with E-state index in [-0.39, 0.29) is 69.7 Å². The molecule has 0 aromatic carbocycles. The molecule has 0 aromatic rings. The minimum Gasteiger partial charge on any atom is -0.540 e. The molecule has 1 radical (unpaired) electrons. The Hall–Kier alpha value is -2.86. The van der Waals surface area contributed by atoms with Crippen molar-refractivity contribution in [1.29, 1.82) is 0 Å². The van der Waals surface area contributed by atoms with Crippen molar-refractivity contribution in [1.82, 2.24) is 10.6 Å². The number of ether oxygens (including phenoxy) is 2. The SMILES string of the molecule is CC(=O)NC(C)(C)[C-]=O.CC1=NC(=C(C)C)C(=O)O1.CC1=NC(C)(C)C(=O)O1.CCC(=O)C(NC(C)=O)=C(C)C.[CH3-].[Y]. The Kier molecular flexibility index (Phi) is 23.0. The third-order valence-electron chi connectivity index (χ3n) is 4.50. The largest absolute Gasteiger partial charge is 0.540 e. The summed E-state index contributed by atoms with van der Waals surface area (Å²) in [5.74, 6) is -0.148. The fraction of sp³-hybridized carbons (Fsp3) is 0.552. The molecule has 0 aliphatic carbocycles. The molecule has 2 amide bonds. The van der Waals surface area contributed by atoms with Crippen molar-refractivity contribution in [2.24, 2.45) is 9.98 Å². The van der Waals surface area contributed by atoms with Gasteiger partial charge in [-0.2, -0.15) is 0 Å². The van der Waals surface area contributed by atoms with Gasteiger partial charge in [0.25, 0.3) is 0 Å². The van der Waals surface area contributed by atoms with E-state index < -0.39 is 11.1 Å². The summed E-state index contributed by atoms with van der Waals surface area (Å²) in [5.41, 5.74) is 1.12. The molecule has 2 aliphatic heterocycles. The smallest absolute Gasteiger partial charge is 0.363 e. The molecule has 0 aromatic heterocycles. The van der Waals surface area contributed by atoms with Gasteiger partial charge in [-0.15, -0.1) is 0 Å². The zero-order chi connectivity index (χ0) is 32.0. The molecule has 0 fully saturated rings. The topological polar surface area (TPSA) is 170 Å². The minimum absolute atomic E-state index is 0. The molecular weight excluding hydrogens is 621 g/mol. The van der Waals surface area contributed by atoms with E-state index in [0.29, 0.717) is 29.6 Å². The van der Waals surface area contributed by atoms with Gasteiger partial charge >= 0.3 is 11.9 Å². The van der Waals surface area contributed by atoms with E-state index in [1.165, 1.54) is 13.8 Å². The number of nitrogens with zero attached hydrogens (tertiary/aromatic N) is 2. The van der Waals surface area contributed by atoms with Crippen molar-refractivity contribution in [3.8, 4) is 0 Å². The normalized spacial score (nSPS) is 13.9. The second-order valence-electron chi connectivity index (χ2n) is 10.2. The van der Waals surface area contributed by atoms with Crippen molar-refractivity contribution in [2.45, 2.75) is 108 Å². The molecular formula is C29H46N4O8Y-2. The van der Waals surface area contributed by atoms with E-state index in [0.717, 1.165) is 11.1 Å². The summed E-state index contributed by atoms with van der Waals surface area (Å²) < 4.78 is 9.38. The van der Waals surface area contributed by atoms with E-state index >= 15 is 0 Å². The van der Waals surface area contributed by atoms with Gasteiger partial charge in [0.15, 0.2) is 28.8 Å². The van der Waals surface area contributed by atoms with Gasteiger partial charge in [-0.1, -0.05) is 26.3 Å². The van der Waals surface area contributed by atoms with Crippen LogP contribution in [0.15, 0.2) is 32.5 Å². The Labute approximate surface area is 275 Å². The average Bonchev–Trinajstić information content (AvgIpc) is 3.26. The summed E-state index contributed by atoms with van der Waals surface area (Å²) in [6, 6.07) is 0. The number of allylic oxidation sites excluding steroid dienone is 3. The predicted molar refractivity (Wildman–Crippen MR) is 158 cm³/mol. The van der Waals surface area contributed by atoms with Gasteiger partial charge in [0.1, 0.15) is 0 Å². The van der Waals surface area contributed by atoms with Gasteiger partial charge in [0, 0.05) is 66.8 Å². The second kappa shape index (κ2) is 20.9. The summed E-state index contributed by atoms with van der Waals surface area (Å²) in [4.78, 5) is 71.7. The Bertz CT molecular complexity index is 1120. The summed E-state index contributed by atoms with van der Waals surface area (Å²) >= 11 is 0. The first-order chi connectivity index (χ1) is 18.1. The van der Waals surface area contributed by atoms with Crippen molar-refractivity contribution >= 4 is 47.6 Å². The molecule has 2 aliphatic rings. The number of amides is 2. The molecule has 42 heavy (non-hydrogen) atoms. The molecule has 2 heterocycles. The van der Waals surface area contributed by atoms with Gasteiger partial charge < -0.3 is 32.3 Å². The Balaban J connectivity index is -0.000000227. The number of nitrogens with one attached hydrogen (secondary N) is 2. The number of cyclic esters (lactones) is 2. The van der Waals surface area contributed by atoms with E-state index in [2.05, 4.69) is 30.1 Å². The van der Waals surface area contributed by atoms with E-state index in [4.69, 9.17) is 0 Å². The maximum absolute atomic E-state index is 11.2. The first kappa shape index (κ1) is 46.1. The van der Waals surface area contributed by atoms with Crippen molar-refractivity contribution in [3.63, 3.8) is 0 Å². The standard InChI is InChI=1S/C9H15NO2.C7H9NO2.C6H9NO2.C6H10NO2.CH3.Y/c1-5-8(12)9(6(2)3)10-7(4)11;1-4(2)6-7(9)10-5(3)8-6;1-4-7-6(2,3)5(8)9-4;1-5(9)7-6(2,3)4-8;;/h5H2,1-4H3,(H,10,11);1-3H3;1-3H3;1-3H3,(H,7,9);1H3;/q;;;2*-1;.